The summed E-state index contributed by atoms with van der Waals surface area (Å²) in [5.41, 5.74) is 3.73. The Hall–Kier alpha value is -3.73. The minimum Gasteiger partial charge on any atom is -0.461 e. The number of Topliss-reactive ketones (excluding diaryl/α,β-unsaturated/α-hetero) is 1. The zero-order valence-electron chi connectivity index (χ0n) is 17.3. The highest BCUT2D eigenvalue weighted by molar-refractivity contribution is 5.97. The van der Waals surface area contributed by atoms with Gasteiger partial charge in [-0.3, -0.25) is 14.4 Å². The van der Waals surface area contributed by atoms with Crippen LogP contribution in [0.15, 0.2) is 84.9 Å². The predicted molar refractivity (Wildman–Crippen MR) is 119 cm³/mol. The van der Waals surface area contributed by atoms with Crippen LogP contribution in [-0.2, 0) is 20.9 Å². The van der Waals surface area contributed by atoms with E-state index >= 15 is 0 Å². The van der Waals surface area contributed by atoms with Crippen molar-refractivity contribution >= 4 is 17.7 Å². The molecule has 0 bridgehead atoms. The highest BCUT2D eigenvalue weighted by atomic mass is 16.5. The van der Waals surface area contributed by atoms with Crippen LogP contribution >= 0.6 is 0 Å². The average Bonchev–Trinajstić information content (AvgIpc) is 2.82. The SMILES string of the molecule is O=C(CCC(=O)c1ccccc1)NCCC(=O)OCc1ccc(-c2ccccc2)cc1. The second-order valence-electron chi connectivity index (χ2n) is 7.11. The van der Waals surface area contributed by atoms with E-state index in [0.717, 1.165) is 16.7 Å². The molecule has 5 nitrogen and oxygen atoms in total. The van der Waals surface area contributed by atoms with Gasteiger partial charge in [-0.25, -0.2) is 0 Å². The summed E-state index contributed by atoms with van der Waals surface area (Å²) in [5, 5.41) is 2.65. The lowest BCUT2D eigenvalue weighted by Crippen LogP contribution is -2.26. The van der Waals surface area contributed by atoms with Crippen molar-refractivity contribution in [2.75, 3.05) is 6.54 Å². The molecule has 0 unspecified atom stereocenters. The Morgan fingerprint density at radius 1 is 0.677 bits per heavy atom. The molecule has 1 N–H and O–H groups in total. The molecule has 0 spiro atoms. The zero-order valence-corrected chi connectivity index (χ0v) is 17.3. The van der Waals surface area contributed by atoms with E-state index < -0.39 is 0 Å². The van der Waals surface area contributed by atoms with Crippen LogP contribution in [0.3, 0.4) is 0 Å². The molecule has 5 heteroatoms. The second-order valence-corrected chi connectivity index (χ2v) is 7.11. The number of amides is 1. The van der Waals surface area contributed by atoms with E-state index in [1.807, 2.05) is 60.7 Å². The number of carbonyl (C=O) groups is 3. The number of hydrogen-bond donors (Lipinski definition) is 1. The van der Waals surface area contributed by atoms with Gasteiger partial charge in [0.25, 0.3) is 0 Å². The molecule has 31 heavy (non-hydrogen) atoms. The highest BCUT2D eigenvalue weighted by Gasteiger charge is 2.10. The van der Waals surface area contributed by atoms with Crippen LogP contribution in [0.1, 0.15) is 35.2 Å². The van der Waals surface area contributed by atoms with E-state index in [0.29, 0.717) is 5.56 Å². The lowest BCUT2D eigenvalue weighted by molar-refractivity contribution is -0.144. The van der Waals surface area contributed by atoms with Crippen molar-refractivity contribution in [3.63, 3.8) is 0 Å². The minimum absolute atomic E-state index is 0.0755. The van der Waals surface area contributed by atoms with Crippen molar-refractivity contribution in [2.45, 2.75) is 25.9 Å². The third-order valence-electron chi connectivity index (χ3n) is 4.79. The number of ether oxygens (including phenoxy) is 1. The lowest BCUT2D eigenvalue weighted by atomic mass is 10.0. The molecule has 0 atom stereocenters. The Kier molecular flexibility index (Phi) is 8.12. The first-order valence-corrected chi connectivity index (χ1v) is 10.3. The topological polar surface area (TPSA) is 72.5 Å². The zero-order chi connectivity index (χ0) is 21.9. The van der Waals surface area contributed by atoms with Gasteiger partial charge in [-0.2, -0.15) is 0 Å². The Morgan fingerprint density at radius 2 is 1.29 bits per heavy atom. The summed E-state index contributed by atoms with van der Waals surface area (Å²) >= 11 is 0. The maximum atomic E-state index is 12.0. The van der Waals surface area contributed by atoms with Gasteiger partial charge in [0.2, 0.25) is 5.91 Å². The van der Waals surface area contributed by atoms with Crippen LogP contribution in [0, 0.1) is 0 Å². The summed E-state index contributed by atoms with van der Waals surface area (Å²) in [7, 11) is 0. The molecule has 3 aromatic carbocycles. The fourth-order valence-corrected chi connectivity index (χ4v) is 3.05. The monoisotopic (exact) mass is 415 g/mol. The lowest BCUT2D eigenvalue weighted by Gasteiger charge is -2.08. The number of carbonyl (C=O) groups excluding carboxylic acids is 3. The number of esters is 1. The number of hydrogen-bond acceptors (Lipinski definition) is 4. The molecule has 0 fully saturated rings. The quantitative estimate of drug-likeness (QED) is 0.389. The maximum absolute atomic E-state index is 12.0. The summed E-state index contributed by atoms with van der Waals surface area (Å²) < 4.78 is 5.27. The third kappa shape index (κ3) is 7.23. The van der Waals surface area contributed by atoms with Crippen molar-refractivity contribution in [3.8, 4) is 11.1 Å². The molecule has 1 amide bonds. The first-order valence-electron chi connectivity index (χ1n) is 10.3. The van der Waals surface area contributed by atoms with E-state index in [2.05, 4.69) is 5.32 Å². The van der Waals surface area contributed by atoms with E-state index in [4.69, 9.17) is 4.74 Å². The molecule has 0 radical (unpaired) electrons. The van der Waals surface area contributed by atoms with Crippen LogP contribution in [0.25, 0.3) is 11.1 Å². The smallest absolute Gasteiger partial charge is 0.307 e. The Labute approximate surface area is 182 Å². The fourth-order valence-electron chi connectivity index (χ4n) is 3.05. The predicted octanol–water partition coefficient (Wildman–Crippen LogP) is 4.57. The van der Waals surface area contributed by atoms with Gasteiger partial charge in [-0.1, -0.05) is 84.9 Å². The fraction of sp³-hybridized carbons (Fsp3) is 0.192. The molecule has 0 heterocycles. The molecule has 0 aliphatic heterocycles. The molecule has 0 saturated heterocycles. The van der Waals surface area contributed by atoms with E-state index in [1.54, 1.807) is 24.3 Å². The molecule has 158 valence electrons. The van der Waals surface area contributed by atoms with Crippen LogP contribution in [-0.4, -0.2) is 24.2 Å². The largest absolute Gasteiger partial charge is 0.461 e. The van der Waals surface area contributed by atoms with Gasteiger partial charge in [0, 0.05) is 24.9 Å². The molecule has 0 aliphatic rings. The highest BCUT2D eigenvalue weighted by Crippen LogP contribution is 2.19. The number of benzene rings is 3. The minimum atomic E-state index is -0.382. The summed E-state index contributed by atoms with van der Waals surface area (Å²) in [6.45, 7) is 0.373. The Morgan fingerprint density at radius 3 is 1.97 bits per heavy atom. The summed E-state index contributed by atoms with van der Waals surface area (Å²) in [5.74, 6) is -0.713. The molecule has 3 rings (SSSR count). The molecule has 3 aromatic rings. The first-order chi connectivity index (χ1) is 15.1. The number of rotatable bonds is 10. The molecular weight excluding hydrogens is 390 g/mol. The second kappa shape index (κ2) is 11.5. The van der Waals surface area contributed by atoms with E-state index in [9.17, 15) is 14.4 Å². The summed E-state index contributed by atoms with van der Waals surface area (Å²) in [6, 6.07) is 26.8. The van der Waals surface area contributed by atoms with E-state index in [-0.39, 0.29) is 50.1 Å². The van der Waals surface area contributed by atoms with Gasteiger partial charge < -0.3 is 10.1 Å². The van der Waals surface area contributed by atoms with Gasteiger partial charge >= 0.3 is 5.97 Å². The average molecular weight is 415 g/mol. The van der Waals surface area contributed by atoms with Gasteiger partial charge in [0.15, 0.2) is 5.78 Å². The van der Waals surface area contributed by atoms with Crippen LogP contribution in [0.2, 0.25) is 0 Å². The van der Waals surface area contributed by atoms with Crippen LogP contribution < -0.4 is 5.32 Å². The van der Waals surface area contributed by atoms with Gasteiger partial charge in [-0.15, -0.1) is 0 Å². The van der Waals surface area contributed by atoms with Gasteiger partial charge in [0.1, 0.15) is 6.61 Å². The summed E-state index contributed by atoms with van der Waals surface area (Å²) in [4.78, 5) is 35.8. The van der Waals surface area contributed by atoms with E-state index in [1.165, 1.54) is 0 Å². The third-order valence-corrected chi connectivity index (χ3v) is 4.79. The standard InChI is InChI=1S/C26H25NO4/c28-24(23-9-5-2-6-10-23)15-16-25(29)27-18-17-26(30)31-19-20-11-13-22(14-12-20)21-7-3-1-4-8-21/h1-14H,15-19H2,(H,27,29). The van der Waals surface area contributed by atoms with Crippen molar-refractivity contribution in [2.24, 2.45) is 0 Å². The molecular formula is C26H25NO4. The van der Waals surface area contributed by atoms with Crippen molar-refractivity contribution in [3.05, 3.63) is 96.1 Å². The summed E-state index contributed by atoms with van der Waals surface area (Å²) in [6.07, 6.45) is 0.316. The van der Waals surface area contributed by atoms with Crippen molar-refractivity contribution in [1.82, 2.24) is 5.32 Å². The normalized spacial score (nSPS) is 10.3. The van der Waals surface area contributed by atoms with Crippen LogP contribution in [0.4, 0.5) is 0 Å². The molecule has 0 saturated carbocycles. The van der Waals surface area contributed by atoms with Gasteiger partial charge in [0.05, 0.1) is 6.42 Å². The Balaban J connectivity index is 1.32. The maximum Gasteiger partial charge on any atom is 0.307 e. The first kappa shape index (κ1) is 22.0. The molecule has 0 aliphatic carbocycles. The van der Waals surface area contributed by atoms with Crippen LogP contribution in [0.5, 0.6) is 0 Å². The van der Waals surface area contributed by atoms with Crippen molar-refractivity contribution in [1.29, 1.82) is 0 Å². The number of nitrogens with one attached hydrogen (secondary N) is 1. The van der Waals surface area contributed by atoms with Crippen molar-refractivity contribution < 1.29 is 19.1 Å². The molecule has 0 aromatic heterocycles. The Bertz CT molecular complexity index is 999. The van der Waals surface area contributed by atoms with Gasteiger partial charge in [-0.05, 0) is 16.7 Å². The number of ketones is 1.